The second-order valence-corrected chi connectivity index (χ2v) is 7.23. The maximum Gasteiger partial charge on any atom is 0.356 e. The normalized spacial score (nSPS) is 11.9. The van der Waals surface area contributed by atoms with Crippen molar-refractivity contribution in [3.63, 3.8) is 0 Å². The van der Waals surface area contributed by atoms with Crippen LogP contribution in [0, 0.1) is 0 Å². The van der Waals surface area contributed by atoms with Gasteiger partial charge in [-0.25, -0.2) is 9.48 Å². The highest BCUT2D eigenvalue weighted by atomic mass is 16.4. The second-order valence-electron chi connectivity index (χ2n) is 7.23. The first-order valence-electron chi connectivity index (χ1n) is 10.0. The molecule has 0 aliphatic rings. The van der Waals surface area contributed by atoms with E-state index >= 15 is 0 Å². The van der Waals surface area contributed by atoms with E-state index in [0.29, 0.717) is 11.3 Å². The Kier molecular flexibility index (Phi) is 5.49. The number of aromatic nitrogens is 3. The SMILES string of the molecule is CCn1nc(C(=O)O)c(C(C)c2ccccc2)c(Nc2cncc3ccccc23)c1=O. The molecule has 1 atom stereocenters. The molecule has 1 unspecified atom stereocenters. The maximum atomic E-state index is 13.3. The van der Waals surface area contributed by atoms with Crippen molar-refractivity contribution in [3.05, 3.63) is 94.2 Å². The van der Waals surface area contributed by atoms with Gasteiger partial charge in [-0.15, -0.1) is 0 Å². The van der Waals surface area contributed by atoms with E-state index in [2.05, 4.69) is 15.4 Å². The third kappa shape index (κ3) is 3.77. The fraction of sp³-hybridized carbons (Fsp3) is 0.167. The van der Waals surface area contributed by atoms with E-state index in [1.165, 1.54) is 4.68 Å². The van der Waals surface area contributed by atoms with Crippen LogP contribution >= 0.6 is 0 Å². The third-order valence-corrected chi connectivity index (χ3v) is 5.36. The third-order valence-electron chi connectivity index (χ3n) is 5.36. The van der Waals surface area contributed by atoms with Gasteiger partial charge in [0.15, 0.2) is 5.69 Å². The van der Waals surface area contributed by atoms with Crippen LogP contribution in [0.15, 0.2) is 71.8 Å². The molecule has 0 aliphatic carbocycles. The number of carboxylic acids is 1. The van der Waals surface area contributed by atoms with Crippen LogP contribution in [0.1, 0.15) is 41.4 Å². The molecule has 4 aromatic rings. The van der Waals surface area contributed by atoms with E-state index in [1.807, 2.05) is 61.5 Å². The average molecular weight is 414 g/mol. The maximum absolute atomic E-state index is 13.3. The molecule has 156 valence electrons. The first kappa shape index (κ1) is 20.3. The summed E-state index contributed by atoms with van der Waals surface area (Å²) in [5, 5.41) is 19.1. The summed E-state index contributed by atoms with van der Waals surface area (Å²) >= 11 is 0. The molecule has 0 aliphatic heterocycles. The number of carboxylic acid groups (broad SMARTS) is 1. The van der Waals surface area contributed by atoms with Gasteiger partial charge in [-0.3, -0.25) is 9.78 Å². The molecule has 0 spiro atoms. The van der Waals surface area contributed by atoms with Crippen LogP contribution in [0.2, 0.25) is 0 Å². The van der Waals surface area contributed by atoms with Crippen LogP contribution in [0.4, 0.5) is 11.4 Å². The van der Waals surface area contributed by atoms with E-state index in [1.54, 1.807) is 19.3 Å². The number of benzene rings is 2. The molecular weight excluding hydrogens is 392 g/mol. The van der Waals surface area contributed by atoms with E-state index in [-0.39, 0.29) is 29.4 Å². The molecule has 4 rings (SSSR count). The highest BCUT2D eigenvalue weighted by molar-refractivity contribution is 5.95. The topological polar surface area (TPSA) is 97.1 Å². The van der Waals surface area contributed by atoms with Crippen LogP contribution in [0.5, 0.6) is 0 Å². The van der Waals surface area contributed by atoms with Gasteiger partial charge in [-0.2, -0.15) is 5.10 Å². The van der Waals surface area contributed by atoms with Gasteiger partial charge >= 0.3 is 5.97 Å². The Labute approximate surface area is 179 Å². The number of nitrogens with zero attached hydrogens (tertiary/aromatic N) is 3. The largest absolute Gasteiger partial charge is 0.476 e. The number of hydrogen-bond donors (Lipinski definition) is 2. The van der Waals surface area contributed by atoms with E-state index in [4.69, 9.17) is 0 Å². The fourth-order valence-corrected chi connectivity index (χ4v) is 3.76. The Hall–Kier alpha value is -4.00. The lowest BCUT2D eigenvalue weighted by Crippen LogP contribution is -2.30. The van der Waals surface area contributed by atoms with Crippen molar-refractivity contribution in [3.8, 4) is 0 Å². The smallest absolute Gasteiger partial charge is 0.356 e. The molecule has 31 heavy (non-hydrogen) atoms. The minimum Gasteiger partial charge on any atom is -0.476 e. The number of fused-ring (bicyclic) bond motifs is 1. The molecule has 0 saturated carbocycles. The Morgan fingerprint density at radius 2 is 1.81 bits per heavy atom. The minimum absolute atomic E-state index is 0.145. The minimum atomic E-state index is -1.18. The number of nitrogens with one attached hydrogen (secondary N) is 1. The number of aryl methyl sites for hydroxylation is 1. The molecule has 0 amide bonds. The Bertz CT molecular complexity index is 1310. The number of anilines is 2. The fourth-order valence-electron chi connectivity index (χ4n) is 3.76. The van der Waals surface area contributed by atoms with Gasteiger partial charge in [0.1, 0.15) is 5.69 Å². The van der Waals surface area contributed by atoms with Crippen LogP contribution in [-0.4, -0.2) is 25.8 Å². The average Bonchev–Trinajstić information content (AvgIpc) is 2.80. The van der Waals surface area contributed by atoms with Gasteiger partial charge in [0.2, 0.25) is 0 Å². The van der Waals surface area contributed by atoms with Crippen molar-refractivity contribution in [2.45, 2.75) is 26.3 Å². The monoisotopic (exact) mass is 414 g/mol. The van der Waals surface area contributed by atoms with Crippen molar-refractivity contribution < 1.29 is 9.90 Å². The van der Waals surface area contributed by atoms with Crippen LogP contribution in [-0.2, 0) is 6.54 Å². The van der Waals surface area contributed by atoms with Crippen molar-refractivity contribution >= 4 is 28.1 Å². The molecule has 0 bridgehead atoms. The quantitative estimate of drug-likeness (QED) is 0.485. The Balaban J connectivity index is 1.98. The summed E-state index contributed by atoms with van der Waals surface area (Å²) in [6.07, 6.45) is 3.38. The summed E-state index contributed by atoms with van der Waals surface area (Å²) in [7, 11) is 0. The molecule has 0 saturated heterocycles. The standard InChI is InChI=1S/C24H22N4O3/c1-3-28-23(29)21(26-19-14-25-13-17-11-7-8-12-18(17)19)20(22(27-28)24(30)31)15(2)16-9-5-4-6-10-16/h4-15,26H,3H2,1-2H3,(H,30,31). The van der Waals surface area contributed by atoms with Crippen LogP contribution < -0.4 is 10.9 Å². The lowest BCUT2D eigenvalue weighted by Gasteiger charge is -2.21. The first-order valence-corrected chi connectivity index (χ1v) is 10.0. The van der Waals surface area contributed by atoms with E-state index < -0.39 is 5.97 Å². The lowest BCUT2D eigenvalue weighted by molar-refractivity contribution is 0.0685. The number of hydrogen-bond acceptors (Lipinski definition) is 5. The zero-order chi connectivity index (χ0) is 22.0. The van der Waals surface area contributed by atoms with Gasteiger partial charge in [0.05, 0.1) is 11.9 Å². The van der Waals surface area contributed by atoms with Gasteiger partial charge < -0.3 is 10.4 Å². The first-order chi connectivity index (χ1) is 15.0. The number of aromatic carboxylic acids is 1. The predicted molar refractivity (Wildman–Crippen MR) is 120 cm³/mol. The van der Waals surface area contributed by atoms with Gasteiger partial charge in [0, 0.05) is 35.0 Å². The van der Waals surface area contributed by atoms with Crippen molar-refractivity contribution in [2.75, 3.05) is 5.32 Å². The highest BCUT2D eigenvalue weighted by Gasteiger charge is 2.27. The zero-order valence-corrected chi connectivity index (χ0v) is 17.2. The van der Waals surface area contributed by atoms with E-state index in [9.17, 15) is 14.7 Å². The second kappa shape index (κ2) is 8.39. The summed E-state index contributed by atoms with van der Waals surface area (Å²) in [4.78, 5) is 29.7. The van der Waals surface area contributed by atoms with Gasteiger partial charge in [0.25, 0.3) is 5.56 Å². The number of rotatable bonds is 6. The summed E-state index contributed by atoms with van der Waals surface area (Å²) in [6, 6.07) is 17.1. The molecule has 2 aromatic carbocycles. The van der Waals surface area contributed by atoms with Gasteiger partial charge in [-0.1, -0.05) is 61.5 Å². The zero-order valence-electron chi connectivity index (χ0n) is 17.2. The van der Waals surface area contributed by atoms with Crippen molar-refractivity contribution in [2.24, 2.45) is 0 Å². The Morgan fingerprint density at radius 3 is 2.52 bits per heavy atom. The van der Waals surface area contributed by atoms with Crippen LogP contribution in [0.25, 0.3) is 10.8 Å². The van der Waals surface area contributed by atoms with Crippen molar-refractivity contribution in [1.82, 2.24) is 14.8 Å². The molecule has 0 radical (unpaired) electrons. The lowest BCUT2D eigenvalue weighted by atomic mass is 9.90. The van der Waals surface area contributed by atoms with Gasteiger partial charge in [-0.05, 0) is 12.5 Å². The Morgan fingerprint density at radius 1 is 1.10 bits per heavy atom. The summed E-state index contributed by atoms with van der Waals surface area (Å²) in [5.74, 6) is -1.55. The highest BCUT2D eigenvalue weighted by Crippen LogP contribution is 2.33. The predicted octanol–water partition coefficient (Wildman–Crippen LogP) is 4.41. The summed E-state index contributed by atoms with van der Waals surface area (Å²) in [6.45, 7) is 3.88. The number of carbonyl (C=O) groups is 1. The molecule has 7 nitrogen and oxygen atoms in total. The molecular formula is C24H22N4O3. The molecule has 2 aromatic heterocycles. The summed E-state index contributed by atoms with van der Waals surface area (Å²) in [5.41, 5.74) is 1.54. The molecule has 2 N–H and O–H groups in total. The van der Waals surface area contributed by atoms with E-state index in [0.717, 1.165) is 16.3 Å². The van der Waals surface area contributed by atoms with Crippen LogP contribution in [0.3, 0.4) is 0 Å². The molecule has 7 heteroatoms. The molecule has 2 heterocycles. The number of pyridine rings is 1. The van der Waals surface area contributed by atoms with Crippen molar-refractivity contribution in [1.29, 1.82) is 0 Å². The summed E-state index contributed by atoms with van der Waals surface area (Å²) < 4.78 is 1.17. The molecule has 0 fully saturated rings.